The Morgan fingerprint density at radius 1 is 1.13 bits per heavy atom. The van der Waals surface area contributed by atoms with Crippen LogP contribution in [0.1, 0.15) is 49.8 Å². The van der Waals surface area contributed by atoms with Crippen molar-refractivity contribution in [2.24, 2.45) is 0 Å². The Kier molecular flexibility index (Phi) is 5.92. The van der Waals surface area contributed by atoms with E-state index >= 15 is 0 Å². The van der Waals surface area contributed by atoms with Crippen LogP contribution in [0.15, 0.2) is 48.0 Å². The van der Waals surface area contributed by atoms with E-state index in [1.54, 1.807) is 35.2 Å². The molecule has 1 aliphatic carbocycles. The predicted molar refractivity (Wildman–Crippen MR) is 117 cm³/mol. The second-order valence-corrected chi connectivity index (χ2v) is 8.22. The lowest BCUT2D eigenvalue weighted by molar-refractivity contribution is -0.141. The monoisotopic (exact) mass is 441 g/mol. The highest BCUT2D eigenvalue weighted by atomic mass is 35.5. The number of likely N-dealkylation sites (tertiary alicyclic amines) is 1. The topological polar surface area (TPSA) is 87.1 Å². The van der Waals surface area contributed by atoms with Crippen molar-refractivity contribution >= 4 is 29.1 Å². The molecule has 2 fully saturated rings. The van der Waals surface area contributed by atoms with Crippen LogP contribution in [0, 0.1) is 0 Å². The van der Waals surface area contributed by atoms with Gasteiger partial charge >= 0.3 is 0 Å². The maximum absolute atomic E-state index is 13.1. The molecule has 0 aromatic heterocycles. The molecule has 6 nitrogen and oxygen atoms in total. The van der Waals surface area contributed by atoms with Crippen LogP contribution in [-0.4, -0.2) is 39.5 Å². The summed E-state index contributed by atoms with van der Waals surface area (Å²) in [6, 6.07) is 10.3. The maximum Gasteiger partial charge on any atom is 0.295 e. The minimum absolute atomic E-state index is 0.0346. The number of phenolic OH excluding ortho intramolecular Hbond substituents is 1. The molecule has 0 spiro atoms. The van der Waals surface area contributed by atoms with Crippen LogP contribution in [0.3, 0.4) is 0 Å². The Morgan fingerprint density at radius 3 is 2.45 bits per heavy atom. The summed E-state index contributed by atoms with van der Waals surface area (Å²) in [4.78, 5) is 27.8. The van der Waals surface area contributed by atoms with Crippen LogP contribution in [0.2, 0.25) is 5.02 Å². The molecule has 1 heterocycles. The van der Waals surface area contributed by atoms with Gasteiger partial charge in [0, 0.05) is 11.6 Å². The summed E-state index contributed by atoms with van der Waals surface area (Å²) in [5, 5.41) is 21.3. The first-order chi connectivity index (χ1) is 14.9. The second kappa shape index (κ2) is 8.63. The Morgan fingerprint density at radius 2 is 1.81 bits per heavy atom. The number of aromatic hydroxyl groups is 1. The number of phenols is 1. The molecule has 1 unspecified atom stereocenters. The number of ether oxygens (including phenoxy) is 1. The quantitative estimate of drug-likeness (QED) is 0.395. The van der Waals surface area contributed by atoms with Gasteiger partial charge in [0.1, 0.15) is 17.3 Å². The number of amides is 1. The number of ketones is 1. The first-order valence-electron chi connectivity index (χ1n) is 10.4. The van der Waals surface area contributed by atoms with Crippen molar-refractivity contribution in [3.63, 3.8) is 0 Å². The Balaban J connectivity index is 1.87. The van der Waals surface area contributed by atoms with Crippen molar-refractivity contribution in [1.82, 2.24) is 4.90 Å². The number of rotatable bonds is 5. The molecule has 1 amide bonds. The number of aliphatic hydroxyl groups excluding tert-OH is 1. The summed E-state index contributed by atoms with van der Waals surface area (Å²) < 4.78 is 5.51. The molecule has 0 bridgehead atoms. The fourth-order valence-electron chi connectivity index (χ4n) is 4.47. The van der Waals surface area contributed by atoms with Gasteiger partial charge in [0.05, 0.1) is 23.2 Å². The second-order valence-electron chi connectivity index (χ2n) is 7.81. The molecule has 162 valence electrons. The van der Waals surface area contributed by atoms with Crippen molar-refractivity contribution in [3.8, 4) is 11.5 Å². The van der Waals surface area contributed by atoms with Gasteiger partial charge in [-0.25, -0.2) is 0 Å². The van der Waals surface area contributed by atoms with E-state index in [0.717, 1.165) is 25.7 Å². The molecule has 1 saturated heterocycles. The van der Waals surface area contributed by atoms with E-state index in [2.05, 4.69) is 0 Å². The molecule has 0 radical (unpaired) electrons. The Hall–Kier alpha value is -2.99. The number of nitrogens with zero attached hydrogens (tertiary/aromatic N) is 1. The molecule has 7 heteroatoms. The van der Waals surface area contributed by atoms with E-state index in [0.29, 0.717) is 28.5 Å². The van der Waals surface area contributed by atoms with E-state index in [9.17, 15) is 19.8 Å². The number of aliphatic hydroxyl groups is 1. The van der Waals surface area contributed by atoms with Gasteiger partial charge in [0.2, 0.25) is 0 Å². The van der Waals surface area contributed by atoms with Gasteiger partial charge in [-0.15, -0.1) is 0 Å². The lowest BCUT2D eigenvalue weighted by atomic mass is 9.94. The summed E-state index contributed by atoms with van der Waals surface area (Å²) in [5.41, 5.74) is 1.04. The fraction of sp³-hybridized carbons (Fsp3) is 0.333. The standard InChI is InChI=1S/C24H24ClNO5/c1-2-31-19-13-15(9-12-18(19)25)22(28)20-21(14-7-10-17(27)11-8-14)26(24(30)23(20)29)16-5-3-4-6-16/h7-13,16,21,27-28H,2-6H2,1H3/b22-20-. The molecular formula is C24H24ClNO5. The predicted octanol–water partition coefficient (Wildman–Crippen LogP) is 4.81. The first kappa shape index (κ1) is 21.2. The highest BCUT2D eigenvalue weighted by Crippen LogP contribution is 2.44. The smallest absolute Gasteiger partial charge is 0.295 e. The number of halogens is 1. The number of benzene rings is 2. The summed E-state index contributed by atoms with van der Waals surface area (Å²) in [6.07, 6.45) is 3.61. The Bertz CT molecular complexity index is 1040. The molecule has 31 heavy (non-hydrogen) atoms. The number of hydrogen-bond donors (Lipinski definition) is 2. The van der Waals surface area contributed by atoms with Crippen LogP contribution < -0.4 is 4.74 Å². The lowest BCUT2D eigenvalue weighted by Crippen LogP contribution is -2.37. The van der Waals surface area contributed by atoms with Crippen molar-refractivity contribution < 1.29 is 24.5 Å². The minimum atomic E-state index is -0.727. The van der Waals surface area contributed by atoms with E-state index < -0.39 is 17.7 Å². The van der Waals surface area contributed by atoms with Crippen LogP contribution in [0.25, 0.3) is 5.76 Å². The lowest BCUT2D eigenvalue weighted by Gasteiger charge is -2.30. The third-order valence-electron chi connectivity index (χ3n) is 5.91. The maximum atomic E-state index is 13.1. The minimum Gasteiger partial charge on any atom is -0.508 e. The van der Waals surface area contributed by atoms with Gasteiger partial charge in [0.25, 0.3) is 11.7 Å². The van der Waals surface area contributed by atoms with Crippen LogP contribution in [0.4, 0.5) is 0 Å². The van der Waals surface area contributed by atoms with Crippen LogP contribution >= 0.6 is 11.6 Å². The molecule has 1 aliphatic heterocycles. The van der Waals surface area contributed by atoms with Crippen molar-refractivity contribution in [2.75, 3.05) is 6.61 Å². The average molecular weight is 442 g/mol. The van der Waals surface area contributed by atoms with E-state index in [1.807, 2.05) is 6.92 Å². The molecular weight excluding hydrogens is 418 g/mol. The summed E-state index contributed by atoms with van der Waals surface area (Å²) in [5.74, 6) is -1.12. The van der Waals surface area contributed by atoms with Gasteiger partial charge in [-0.05, 0) is 55.7 Å². The molecule has 4 rings (SSSR count). The molecule has 2 aromatic carbocycles. The van der Waals surface area contributed by atoms with Gasteiger partial charge in [-0.2, -0.15) is 0 Å². The Labute approximate surface area is 185 Å². The molecule has 2 aliphatic rings. The average Bonchev–Trinajstić information content (AvgIpc) is 3.37. The summed E-state index contributed by atoms with van der Waals surface area (Å²) in [7, 11) is 0. The number of carbonyl (C=O) groups excluding carboxylic acids is 2. The molecule has 1 atom stereocenters. The highest BCUT2D eigenvalue weighted by Gasteiger charge is 2.49. The van der Waals surface area contributed by atoms with Crippen LogP contribution in [0.5, 0.6) is 11.5 Å². The van der Waals surface area contributed by atoms with Crippen LogP contribution in [-0.2, 0) is 9.59 Å². The largest absolute Gasteiger partial charge is 0.508 e. The zero-order chi connectivity index (χ0) is 22.1. The summed E-state index contributed by atoms with van der Waals surface area (Å²) in [6.45, 7) is 2.21. The van der Waals surface area contributed by atoms with Gasteiger partial charge in [-0.3, -0.25) is 9.59 Å². The zero-order valence-electron chi connectivity index (χ0n) is 17.2. The van der Waals surface area contributed by atoms with E-state index in [-0.39, 0.29) is 23.1 Å². The van der Waals surface area contributed by atoms with Gasteiger partial charge < -0.3 is 19.8 Å². The highest BCUT2D eigenvalue weighted by molar-refractivity contribution is 6.46. The number of hydrogen-bond acceptors (Lipinski definition) is 5. The van der Waals surface area contributed by atoms with E-state index in [4.69, 9.17) is 16.3 Å². The zero-order valence-corrected chi connectivity index (χ0v) is 17.9. The van der Waals surface area contributed by atoms with Crippen molar-refractivity contribution in [1.29, 1.82) is 0 Å². The summed E-state index contributed by atoms with van der Waals surface area (Å²) >= 11 is 6.16. The van der Waals surface area contributed by atoms with Crippen molar-refractivity contribution in [3.05, 3.63) is 64.2 Å². The molecule has 2 aromatic rings. The third-order valence-corrected chi connectivity index (χ3v) is 6.22. The molecule has 2 N–H and O–H groups in total. The SMILES string of the molecule is CCOc1cc(/C(O)=C2/C(=O)C(=O)N(C3CCCC3)C2c2ccc(O)cc2)ccc1Cl. The van der Waals surface area contributed by atoms with Crippen molar-refractivity contribution in [2.45, 2.75) is 44.7 Å². The van der Waals surface area contributed by atoms with Gasteiger partial charge in [0.15, 0.2) is 0 Å². The van der Waals surface area contributed by atoms with E-state index in [1.165, 1.54) is 12.1 Å². The fourth-order valence-corrected chi connectivity index (χ4v) is 4.64. The normalized spacial score (nSPS) is 21.1. The molecule has 1 saturated carbocycles. The first-order valence-corrected chi connectivity index (χ1v) is 10.8. The van der Waals surface area contributed by atoms with Gasteiger partial charge in [-0.1, -0.05) is 36.6 Å². The number of carbonyl (C=O) groups is 2. The third kappa shape index (κ3) is 3.88. The number of Topliss-reactive ketones (excluding diaryl/α,β-unsaturated/α-hetero) is 1.